The number of benzene rings is 2. The summed E-state index contributed by atoms with van der Waals surface area (Å²) >= 11 is 0. The zero-order chi connectivity index (χ0) is 17.2. The Morgan fingerprint density at radius 1 is 0.960 bits per heavy atom. The van der Waals surface area contributed by atoms with E-state index in [1.54, 1.807) is 0 Å². The summed E-state index contributed by atoms with van der Waals surface area (Å²) in [4.78, 5) is 4.58. The fraction of sp³-hybridized carbons (Fsp3) is 0.143. The molecule has 4 rings (SSSR count). The standard InChI is InChI=1S/C21H20N4/c1-15(17-9-5-3-6-10-17)23-21-13-20-19(14-22-21)16(2)24-25(20)18-11-7-4-8-12-18/h3-15H,1-2H3,(H,22,23)/t15-/m0/s1. The molecule has 0 spiro atoms. The number of para-hydroxylation sites is 1. The van der Waals surface area contributed by atoms with E-state index in [-0.39, 0.29) is 6.04 Å². The summed E-state index contributed by atoms with van der Waals surface area (Å²) in [5.41, 5.74) is 4.32. The minimum atomic E-state index is 0.181. The number of hydrogen-bond donors (Lipinski definition) is 1. The molecule has 2 aromatic carbocycles. The van der Waals surface area contributed by atoms with Gasteiger partial charge in [0.25, 0.3) is 0 Å². The van der Waals surface area contributed by atoms with E-state index in [0.717, 1.165) is 28.1 Å². The number of pyridine rings is 1. The summed E-state index contributed by atoms with van der Waals surface area (Å²) < 4.78 is 1.98. The summed E-state index contributed by atoms with van der Waals surface area (Å²) in [6.45, 7) is 4.16. The second-order valence-electron chi connectivity index (χ2n) is 6.20. The Labute approximate surface area is 147 Å². The van der Waals surface area contributed by atoms with E-state index in [1.807, 2.05) is 42.1 Å². The number of aromatic nitrogens is 3. The zero-order valence-electron chi connectivity index (χ0n) is 14.3. The third-order valence-corrected chi connectivity index (χ3v) is 4.41. The Morgan fingerprint density at radius 3 is 2.36 bits per heavy atom. The van der Waals surface area contributed by atoms with E-state index in [2.05, 4.69) is 64.8 Å². The molecule has 4 heteroatoms. The molecule has 0 bridgehead atoms. The normalized spacial score (nSPS) is 12.2. The third-order valence-electron chi connectivity index (χ3n) is 4.41. The maximum absolute atomic E-state index is 4.69. The Balaban J connectivity index is 1.72. The quantitative estimate of drug-likeness (QED) is 0.579. The molecule has 1 N–H and O–H groups in total. The largest absolute Gasteiger partial charge is 0.363 e. The van der Waals surface area contributed by atoms with Crippen LogP contribution in [0, 0.1) is 6.92 Å². The van der Waals surface area contributed by atoms with Gasteiger partial charge in [0.2, 0.25) is 0 Å². The van der Waals surface area contributed by atoms with Gasteiger partial charge in [-0.15, -0.1) is 0 Å². The summed E-state index contributed by atoms with van der Waals surface area (Å²) in [7, 11) is 0. The van der Waals surface area contributed by atoms with Gasteiger partial charge in [0, 0.05) is 23.7 Å². The third kappa shape index (κ3) is 2.98. The second-order valence-corrected chi connectivity index (χ2v) is 6.20. The van der Waals surface area contributed by atoms with Crippen molar-refractivity contribution in [1.82, 2.24) is 14.8 Å². The highest BCUT2D eigenvalue weighted by molar-refractivity contribution is 5.84. The van der Waals surface area contributed by atoms with Gasteiger partial charge >= 0.3 is 0 Å². The molecule has 0 aliphatic carbocycles. The molecule has 0 radical (unpaired) electrons. The van der Waals surface area contributed by atoms with Gasteiger partial charge in [0.1, 0.15) is 5.82 Å². The van der Waals surface area contributed by atoms with Gasteiger partial charge < -0.3 is 5.32 Å². The topological polar surface area (TPSA) is 42.7 Å². The smallest absolute Gasteiger partial charge is 0.128 e. The molecule has 4 nitrogen and oxygen atoms in total. The number of anilines is 1. The van der Waals surface area contributed by atoms with Crippen LogP contribution in [0.25, 0.3) is 16.6 Å². The molecule has 0 aliphatic rings. The van der Waals surface area contributed by atoms with E-state index in [1.165, 1.54) is 5.56 Å². The molecule has 0 unspecified atom stereocenters. The van der Waals surface area contributed by atoms with E-state index in [0.29, 0.717) is 0 Å². The Hall–Kier alpha value is -3.14. The summed E-state index contributed by atoms with van der Waals surface area (Å²) in [6, 6.07) is 22.8. The average Bonchev–Trinajstić information content (AvgIpc) is 2.99. The number of rotatable bonds is 4. The molecule has 4 aromatic rings. The lowest BCUT2D eigenvalue weighted by Gasteiger charge is -2.15. The minimum absolute atomic E-state index is 0.181. The minimum Gasteiger partial charge on any atom is -0.363 e. The molecule has 0 saturated heterocycles. The van der Waals surface area contributed by atoms with E-state index in [9.17, 15) is 0 Å². The van der Waals surface area contributed by atoms with Crippen molar-refractivity contribution < 1.29 is 0 Å². The highest BCUT2D eigenvalue weighted by Crippen LogP contribution is 2.25. The molecule has 0 amide bonds. The van der Waals surface area contributed by atoms with Crippen LogP contribution in [0.4, 0.5) is 5.82 Å². The van der Waals surface area contributed by atoms with Crippen molar-refractivity contribution >= 4 is 16.7 Å². The summed E-state index contributed by atoms with van der Waals surface area (Å²) in [5, 5.41) is 9.24. The summed E-state index contributed by atoms with van der Waals surface area (Å²) in [6.07, 6.45) is 1.90. The van der Waals surface area contributed by atoms with Crippen LogP contribution in [-0.2, 0) is 0 Å². The first-order valence-corrected chi connectivity index (χ1v) is 8.44. The molecular formula is C21H20N4. The first-order chi connectivity index (χ1) is 12.2. The van der Waals surface area contributed by atoms with Crippen LogP contribution in [0.5, 0.6) is 0 Å². The first-order valence-electron chi connectivity index (χ1n) is 8.44. The van der Waals surface area contributed by atoms with Crippen molar-refractivity contribution in [3.05, 3.63) is 84.2 Å². The van der Waals surface area contributed by atoms with E-state index in [4.69, 9.17) is 0 Å². The van der Waals surface area contributed by atoms with E-state index >= 15 is 0 Å². The number of nitrogens with zero attached hydrogens (tertiary/aromatic N) is 3. The summed E-state index contributed by atoms with van der Waals surface area (Å²) in [5.74, 6) is 0.848. The first kappa shape index (κ1) is 15.4. The maximum atomic E-state index is 4.69. The van der Waals surface area contributed by atoms with Crippen LogP contribution >= 0.6 is 0 Å². The fourth-order valence-corrected chi connectivity index (χ4v) is 3.05. The van der Waals surface area contributed by atoms with Crippen LogP contribution in [-0.4, -0.2) is 14.8 Å². The van der Waals surface area contributed by atoms with Crippen LogP contribution in [0.15, 0.2) is 72.9 Å². The van der Waals surface area contributed by atoms with Crippen molar-refractivity contribution in [2.75, 3.05) is 5.32 Å². The molecule has 1 atom stereocenters. The molecule has 0 saturated carbocycles. The number of aryl methyl sites for hydroxylation is 1. The predicted molar refractivity (Wildman–Crippen MR) is 102 cm³/mol. The van der Waals surface area contributed by atoms with Crippen molar-refractivity contribution in [2.24, 2.45) is 0 Å². The molecular weight excluding hydrogens is 308 g/mol. The lowest BCUT2D eigenvalue weighted by molar-refractivity contribution is 0.872. The fourth-order valence-electron chi connectivity index (χ4n) is 3.05. The Bertz CT molecular complexity index is 991. The van der Waals surface area contributed by atoms with Crippen molar-refractivity contribution in [1.29, 1.82) is 0 Å². The highest BCUT2D eigenvalue weighted by atomic mass is 15.3. The van der Waals surface area contributed by atoms with Gasteiger partial charge in [0.05, 0.1) is 16.9 Å². The van der Waals surface area contributed by atoms with Gasteiger partial charge in [-0.25, -0.2) is 9.67 Å². The van der Waals surface area contributed by atoms with Gasteiger partial charge in [-0.3, -0.25) is 0 Å². The van der Waals surface area contributed by atoms with Gasteiger partial charge in [-0.1, -0.05) is 48.5 Å². The lowest BCUT2D eigenvalue weighted by Crippen LogP contribution is -2.07. The number of fused-ring (bicyclic) bond motifs is 1. The van der Waals surface area contributed by atoms with Gasteiger partial charge in [-0.05, 0) is 31.5 Å². The lowest BCUT2D eigenvalue weighted by atomic mass is 10.1. The van der Waals surface area contributed by atoms with Crippen LogP contribution in [0.1, 0.15) is 24.2 Å². The van der Waals surface area contributed by atoms with Crippen molar-refractivity contribution in [2.45, 2.75) is 19.9 Å². The molecule has 124 valence electrons. The van der Waals surface area contributed by atoms with Crippen LogP contribution < -0.4 is 5.32 Å². The van der Waals surface area contributed by atoms with Crippen LogP contribution in [0.2, 0.25) is 0 Å². The van der Waals surface area contributed by atoms with Crippen LogP contribution in [0.3, 0.4) is 0 Å². The molecule has 2 heterocycles. The highest BCUT2D eigenvalue weighted by Gasteiger charge is 2.12. The SMILES string of the molecule is Cc1nn(-c2ccccc2)c2cc(N[C@@H](C)c3ccccc3)ncc12. The molecule has 25 heavy (non-hydrogen) atoms. The van der Waals surface area contributed by atoms with Crippen molar-refractivity contribution in [3.63, 3.8) is 0 Å². The average molecular weight is 328 g/mol. The maximum Gasteiger partial charge on any atom is 0.128 e. The predicted octanol–water partition coefficient (Wildman–Crippen LogP) is 4.90. The number of nitrogens with one attached hydrogen (secondary N) is 1. The van der Waals surface area contributed by atoms with E-state index < -0.39 is 0 Å². The zero-order valence-corrected chi connectivity index (χ0v) is 14.3. The monoisotopic (exact) mass is 328 g/mol. The molecule has 0 fully saturated rings. The Morgan fingerprint density at radius 2 is 1.64 bits per heavy atom. The Kier molecular flexibility index (Phi) is 3.94. The van der Waals surface area contributed by atoms with Crippen molar-refractivity contribution in [3.8, 4) is 5.69 Å². The second kappa shape index (κ2) is 6.40. The molecule has 0 aliphatic heterocycles. The molecule has 2 aromatic heterocycles. The van der Waals surface area contributed by atoms with Gasteiger partial charge in [0.15, 0.2) is 0 Å². The van der Waals surface area contributed by atoms with Gasteiger partial charge in [-0.2, -0.15) is 5.10 Å². The number of hydrogen-bond acceptors (Lipinski definition) is 3.